The summed E-state index contributed by atoms with van der Waals surface area (Å²) >= 11 is 1.34. The van der Waals surface area contributed by atoms with Crippen LogP contribution in [0, 0.1) is 10.1 Å². The number of carbonyl (C=O) groups excluding carboxylic acids is 1. The molecule has 2 aromatic carbocycles. The third kappa shape index (κ3) is 4.92. The molecule has 0 bridgehead atoms. The first-order chi connectivity index (χ1) is 14.8. The second kappa shape index (κ2) is 9.71. The number of methoxy groups -OCH3 is 2. The molecule has 0 fully saturated rings. The maximum Gasteiger partial charge on any atom is 0.269 e. The third-order valence-corrected chi connectivity index (χ3v) is 5.78. The van der Waals surface area contributed by atoms with Crippen molar-refractivity contribution in [3.8, 4) is 11.5 Å². The van der Waals surface area contributed by atoms with Crippen molar-refractivity contribution in [1.82, 2.24) is 9.88 Å². The lowest BCUT2D eigenvalue weighted by atomic mass is 10.2. The van der Waals surface area contributed by atoms with Crippen LogP contribution in [0.15, 0.2) is 36.4 Å². The van der Waals surface area contributed by atoms with Gasteiger partial charge in [0.15, 0.2) is 5.13 Å². The standard InChI is InChI=1S/C21H24N4O5S/c1-23(2)12-5-13-24(20(26)14-6-8-15(9-7-14)25(27)28)21-22-18-16(29-3)10-11-17(30-4)19(18)31-21/h6-11H,5,12-13H2,1-4H3. The second-order valence-electron chi connectivity index (χ2n) is 7.06. The molecule has 1 aromatic heterocycles. The number of ether oxygens (including phenoxy) is 2. The normalized spacial score (nSPS) is 11.0. The molecule has 1 heterocycles. The molecule has 3 aromatic rings. The average Bonchev–Trinajstić information content (AvgIpc) is 3.20. The highest BCUT2D eigenvalue weighted by atomic mass is 32.1. The zero-order chi connectivity index (χ0) is 22.5. The summed E-state index contributed by atoms with van der Waals surface area (Å²) in [6.07, 6.45) is 0.732. The lowest BCUT2D eigenvalue weighted by Crippen LogP contribution is -2.33. The van der Waals surface area contributed by atoms with Gasteiger partial charge in [-0.25, -0.2) is 4.98 Å². The summed E-state index contributed by atoms with van der Waals surface area (Å²) in [5, 5.41) is 11.5. The summed E-state index contributed by atoms with van der Waals surface area (Å²) in [5.41, 5.74) is 0.912. The first-order valence-electron chi connectivity index (χ1n) is 9.58. The number of nitrogens with zero attached hydrogens (tertiary/aromatic N) is 4. The lowest BCUT2D eigenvalue weighted by molar-refractivity contribution is -0.384. The zero-order valence-electron chi connectivity index (χ0n) is 17.8. The fourth-order valence-corrected chi connectivity index (χ4v) is 4.20. The molecule has 0 saturated heterocycles. The summed E-state index contributed by atoms with van der Waals surface area (Å²) in [5.74, 6) is 0.968. The maximum absolute atomic E-state index is 13.3. The molecule has 0 aliphatic carbocycles. The first-order valence-corrected chi connectivity index (χ1v) is 10.4. The SMILES string of the molecule is COc1ccc(OC)c2sc(N(CCCN(C)C)C(=O)c3ccc([N+](=O)[O-])cc3)nc12. The van der Waals surface area contributed by atoms with Gasteiger partial charge >= 0.3 is 0 Å². The quantitative estimate of drug-likeness (QED) is 0.365. The molecular weight excluding hydrogens is 420 g/mol. The number of benzene rings is 2. The number of carbonyl (C=O) groups is 1. The molecule has 31 heavy (non-hydrogen) atoms. The van der Waals surface area contributed by atoms with Crippen molar-refractivity contribution in [3.05, 3.63) is 52.1 Å². The number of amides is 1. The van der Waals surface area contributed by atoms with E-state index in [-0.39, 0.29) is 11.6 Å². The Bertz CT molecular complexity index is 1040. The first kappa shape index (κ1) is 22.4. The van der Waals surface area contributed by atoms with Crippen molar-refractivity contribution in [1.29, 1.82) is 0 Å². The number of aromatic nitrogens is 1. The molecule has 0 aliphatic heterocycles. The number of non-ortho nitro benzene ring substituents is 1. The highest BCUT2D eigenvalue weighted by Crippen LogP contribution is 2.40. The fourth-order valence-electron chi connectivity index (χ4n) is 3.10. The zero-order valence-corrected chi connectivity index (χ0v) is 18.6. The summed E-state index contributed by atoms with van der Waals surface area (Å²) < 4.78 is 11.7. The van der Waals surface area contributed by atoms with Crippen molar-refractivity contribution < 1.29 is 19.2 Å². The molecular formula is C21H24N4O5S. The molecule has 10 heteroatoms. The van der Waals surface area contributed by atoms with Crippen molar-refractivity contribution in [3.63, 3.8) is 0 Å². The van der Waals surface area contributed by atoms with Gasteiger partial charge in [-0.15, -0.1) is 0 Å². The predicted octanol–water partition coefficient (Wildman–Crippen LogP) is 3.82. The van der Waals surface area contributed by atoms with Gasteiger partial charge in [-0.2, -0.15) is 0 Å². The van der Waals surface area contributed by atoms with E-state index in [0.29, 0.717) is 34.3 Å². The minimum Gasteiger partial charge on any atom is -0.495 e. The van der Waals surface area contributed by atoms with Crippen LogP contribution in [0.3, 0.4) is 0 Å². The largest absolute Gasteiger partial charge is 0.495 e. The van der Waals surface area contributed by atoms with E-state index in [1.54, 1.807) is 31.3 Å². The Morgan fingerprint density at radius 2 is 1.71 bits per heavy atom. The highest BCUT2D eigenvalue weighted by molar-refractivity contribution is 7.22. The van der Waals surface area contributed by atoms with Crippen LogP contribution in [0.5, 0.6) is 11.5 Å². The molecule has 0 aliphatic rings. The van der Waals surface area contributed by atoms with Gasteiger partial charge in [0.1, 0.15) is 21.7 Å². The van der Waals surface area contributed by atoms with E-state index >= 15 is 0 Å². The van der Waals surface area contributed by atoms with E-state index in [1.165, 1.54) is 35.6 Å². The van der Waals surface area contributed by atoms with Gasteiger partial charge in [-0.3, -0.25) is 19.8 Å². The number of anilines is 1. The monoisotopic (exact) mass is 444 g/mol. The Hall–Kier alpha value is -3.24. The molecule has 1 amide bonds. The second-order valence-corrected chi connectivity index (χ2v) is 8.04. The molecule has 0 spiro atoms. The van der Waals surface area contributed by atoms with E-state index in [9.17, 15) is 14.9 Å². The van der Waals surface area contributed by atoms with Gasteiger partial charge in [0.2, 0.25) is 0 Å². The minimum absolute atomic E-state index is 0.0647. The van der Waals surface area contributed by atoms with Gasteiger partial charge in [-0.05, 0) is 51.3 Å². The average molecular weight is 445 g/mol. The van der Waals surface area contributed by atoms with E-state index < -0.39 is 4.92 Å². The molecule has 9 nitrogen and oxygen atoms in total. The summed E-state index contributed by atoms with van der Waals surface area (Å²) in [7, 11) is 7.08. The van der Waals surface area contributed by atoms with Crippen molar-refractivity contribution in [2.24, 2.45) is 0 Å². The lowest BCUT2D eigenvalue weighted by Gasteiger charge is -2.21. The smallest absolute Gasteiger partial charge is 0.269 e. The van der Waals surface area contributed by atoms with E-state index in [1.807, 2.05) is 19.0 Å². The number of thiazole rings is 1. The fraction of sp³-hybridized carbons (Fsp3) is 0.333. The Kier molecular flexibility index (Phi) is 7.03. The van der Waals surface area contributed by atoms with Crippen LogP contribution in [0.2, 0.25) is 0 Å². The summed E-state index contributed by atoms with van der Waals surface area (Å²) in [6.45, 7) is 1.24. The number of nitro benzene ring substituents is 1. The molecule has 0 unspecified atom stereocenters. The van der Waals surface area contributed by atoms with Gasteiger partial charge in [0.25, 0.3) is 11.6 Å². The van der Waals surface area contributed by atoms with Crippen LogP contribution >= 0.6 is 11.3 Å². The molecule has 0 saturated carbocycles. The number of hydrogen-bond acceptors (Lipinski definition) is 8. The van der Waals surface area contributed by atoms with Crippen molar-refractivity contribution in [2.45, 2.75) is 6.42 Å². The van der Waals surface area contributed by atoms with Crippen LogP contribution in [0.25, 0.3) is 10.2 Å². The van der Waals surface area contributed by atoms with E-state index in [0.717, 1.165) is 17.7 Å². The Balaban J connectivity index is 2.02. The van der Waals surface area contributed by atoms with Crippen molar-refractivity contribution in [2.75, 3.05) is 46.3 Å². The molecule has 3 rings (SSSR count). The number of hydrogen-bond donors (Lipinski definition) is 0. The topological polar surface area (TPSA) is 98.0 Å². The molecule has 0 N–H and O–H groups in total. The summed E-state index contributed by atoms with van der Waals surface area (Å²) in [6, 6.07) is 9.17. The van der Waals surface area contributed by atoms with Crippen LogP contribution < -0.4 is 14.4 Å². The molecule has 0 atom stereocenters. The van der Waals surface area contributed by atoms with Crippen LogP contribution in [0.1, 0.15) is 16.8 Å². The van der Waals surface area contributed by atoms with E-state index in [4.69, 9.17) is 9.47 Å². The van der Waals surface area contributed by atoms with Gasteiger partial charge in [0.05, 0.1) is 19.1 Å². The van der Waals surface area contributed by atoms with Gasteiger partial charge < -0.3 is 14.4 Å². The minimum atomic E-state index is -0.491. The Morgan fingerprint density at radius 3 is 2.29 bits per heavy atom. The molecule has 0 radical (unpaired) electrons. The maximum atomic E-state index is 13.3. The van der Waals surface area contributed by atoms with Crippen LogP contribution in [0.4, 0.5) is 10.8 Å². The molecule has 164 valence electrons. The van der Waals surface area contributed by atoms with Gasteiger partial charge in [-0.1, -0.05) is 11.3 Å². The van der Waals surface area contributed by atoms with Gasteiger partial charge in [0, 0.05) is 24.2 Å². The number of nitro groups is 1. The van der Waals surface area contributed by atoms with Crippen molar-refractivity contribution >= 4 is 38.3 Å². The van der Waals surface area contributed by atoms with Crippen LogP contribution in [-0.2, 0) is 0 Å². The number of fused-ring (bicyclic) bond motifs is 1. The number of rotatable bonds is 9. The third-order valence-electron chi connectivity index (χ3n) is 4.69. The van der Waals surface area contributed by atoms with E-state index in [2.05, 4.69) is 4.98 Å². The summed E-state index contributed by atoms with van der Waals surface area (Å²) in [4.78, 5) is 32.1. The van der Waals surface area contributed by atoms with Crippen LogP contribution in [-0.4, -0.2) is 62.1 Å². The Labute approximate surface area is 184 Å². The Morgan fingerprint density at radius 1 is 1.06 bits per heavy atom. The predicted molar refractivity (Wildman–Crippen MR) is 121 cm³/mol. The highest BCUT2D eigenvalue weighted by Gasteiger charge is 2.24.